The van der Waals surface area contributed by atoms with E-state index in [0.29, 0.717) is 6.61 Å². The fourth-order valence-electron chi connectivity index (χ4n) is 1.59. The molecule has 0 unspecified atom stereocenters. The molecule has 0 radical (unpaired) electrons. The predicted molar refractivity (Wildman–Crippen MR) is 81.9 cm³/mol. The third-order valence-electron chi connectivity index (χ3n) is 2.58. The van der Waals surface area contributed by atoms with E-state index in [9.17, 15) is 4.79 Å². The maximum atomic E-state index is 10.7. The first-order valence-corrected chi connectivity index (χ1v) is 7.86. The molecule has 0 fully saturated rings. The van der Waals surface area contributed by atoms with Crippen LogP contribution in [0.4, 0.5) is 5.69 Å². The summed E-state index contributed by atoms with van der Waals surface area (Å²) < 4.78 is 5.56. The van der Waals surface area contributed by atoms with Gasteiger partial charge in [-0.05, 0) is 37.0 Å². The van der Waals surface area contributed by atoms with Crippen molar-refractivity contribution in [3.05, 3.63) is 24.3 Å². The summed E-state index contributed by atoms with van der Waals surface area (Å²) in [6, 6.07) is 7.75. The van der Waals surface area contributed by atoms with Crippen molar-refractivity contribution in [1.82, 2.24) is 0 Å². The average molecular weight is 282 g/mol. The minimum Gasteiger partial charge on any atom is -0.491 e. The normalized spacial score (nSPS) is 10.2. The number of anilines is 1. The first-order chi connectivity index (χ1) is 9.24. The smallest absolute Gasteiger partial charge is 0.220 e. The van der Waals surface area contributed by atoms with Crippen LogP contribution in [0.5, 0.6) is 5.75 Å². The molecular formula is C14H22N2O2S. The summed E-state index contributed by atoms with van der Waals surface area (Å²) in [5.74, 6) is 1.62. The highest BCUT2D eigenvalue weighted by Crippen LogP contribution is 2.23. The predicted octanol–water partition coefficient (Wildman–Crippen LogP) is 2.50. The zero-order valence-corrected chi connectivity index (χ0v) is 12.2. The number of thioether (sulfide) groups is 1. The van der Waals surface area contributed by atoms with Crippen LogP contribution in [0.15, 0.2) is 24.3 Å². The number of unbranched alkanes of at least 4 members (excludes halogenated alkanes) is 1. The van der Waals surface area contributed by atoms with Crippen LogP contribution in [-0.4, -0.2) is 31.1 Å². The maximum absolute atomic E-state index is 10.7. The molecule has 5 heteroatoms. The number of carbonyl (C=O) groups is 1. The van der Waals surface area contributed by atoms with E-state index in [0.717, 1.165) is 24.4 Å². The van der Waals surface area contributed by atoms with Crippen LogP contribution in [0, 0.1) is 0 Å². The highest BCUT2D eigenvalue weighted by Gasteiger charge is 2.03. The van der Waals surface area contributed by atoms with Gasteiger partial charge in [0.05, 0.1) is 18.7 Å². The van der Waals surface area contributed by atoms with Gasteiger partial charge in [0.1, 0.15) is 5.75 Å². The first-order valence-electron chi connectivity index (χ1n) is 6.47. The van der Waals surface area contributed by atoms with Crippen LogP contribution in [-0.2, 0) is 4.79 Å². The first kappa shape index (κ1) is 15.7. The van der Waals surface area contributed by atoms with E-state index in [1.807, 2.05) is 36.0 Å². The summed E-state index contributed by atoms with van der Waals surface area (Å²) in [7, 11) is 0. The summed E-state index contributed by atoms with van der Waals surface area (Å²) in [6.45, 7) is 1.25. The van der Waals surface area contributed by atoms with E-state index >= 15 is 0 Å². The van der Waals surface area contributed by atoms with Gasteiger partial charge in [-0.25, -0.2) is 0 Å². The molecule has 0 spiro atoms. The molecule has 4 nitrogen and oxygen atoms in total. The molecule has 19 heavy (non-hydrogen) atoms. The van der Waals surface area contributed by atoms with Gasteiger partial charge in [-0.3, -0.25) is 4.79 Å². The molecule has 1 rings (SSSR count). The molecule has 0 saturated heterocycles. The average Bonchev–Trinajstić information content (AvgIpc) is 2.40. The van der Waals surface area contributed by atoms with Gasteiger partial charge in [0, 0.05) is 6.54 Å². The summed E-state index contributed by atoms with van der Waals surface area (Å²) in [4.78, 5) is 10.7. The van der Waals surface area contributed by atoms with Crippen molar-refractivity contribution in [3.63, 3.8) is 0 Å². The number of amides is 1. The lowest BCUT2D eigenvalue weighted by atomic mass is 10.2. The third kappa shape index (κ3) is 6.96. The second-order valence-electron chi connectivity index (χ2n) is 4.19. The molecule has 0 aliphatic rings. The second-order valence-corrected chi connectivity index (χ2v) is 5.17. The number of rotatable bonds is 10. The molecule has 1 aromatic rings. The molecule has 1 aromatic carbocycles. The van der Waals surface area contributed by atoms with Crippen LogP contribution in [0.1, 0.15) is 19.3 Å². The molecule has 0 bridgehead atoms. The number of nitrogens with two attached hydrogens (primary N) is 1. The molecule has 0 heterocycles. The third-order valence-corrected chi connectivity index (χ3v) is 3.28. The van der Waals surface area contributed by atoms with Crippen molar-refractivity contribution in [2.24, 2.45) is 5.73 Å². The lowest BCUT2D eigenvalue weighted by Crippen LogP contribution is -2.15. The number of hydrogen-bond acceptors (Lipinski definition) is 4. The Morgan fingerprint density at radius 3 is 2.89 bits per heavy atom. The van der Waals surface area contributed by atoms with Crippen molar-refractivity contribution >= 4 is 23.4 Å². The number of nitrogens with one attached hydrogen (secondary N) is 1. The summed E-state index contributed by atoms with van der Waals surface area (Å²) in [5.41, 5.74) is 6.05. The zero-order valence-electron chi connectivity index (χ0n) is 11.4. The molecule has 0 aromatic heterocycles. The quantitative estimate of drug-likeness (QED) is 0.647. The van der Waals surface area contributed by atoms with Gasteiger partial charge in [0.15, 0.2) is 0 Å². The van der Waals surface area contributed by atoms with Gasteiger partial charge in [-0.1, -0.05) is 12.1 Å². The molecule has 0 aliphatic carbocycles. The van der Waals surface area contributed by atoms with Gasteiger partial charge in [0.25, 0.3) is 0 Å². The number of benzene rings is 1. The Labute approximate surface area is 119 Å². The monoisotopic (exact) mass is 282 g/mol. The van der Waals surface area contributed by atoms with E-state index in [2.05, 4.69) is 11.6 Å². The van der Waals surface area contributed by atoms with Crippen molar-refractivity contribution in [2.45, 2.75) is 19.3 Å². The molecule has 0 atom stereocenters. The Morgan fingerprint density at radius 1 is 1.37 bits per heavy atom. The number of primary amides is 1. The second kappa shape index (κ2) is 9.55. The lowest BCUT2D eigenvalue weighted by Gasteiger charge is -2.12. The number of para-hydroxylation sites is 2. The fourth-order valence-corrected chi connectivity index (χ4v) is 2.09. The number of hydrogen-bond donors (Lipinski definition) is 2. The fraction of sp³-hybridized carbons (Fsp3) is 0.500. The molecule has 1 amide bonds. The van der Waals surface area contributed by atoms with E-state index < -0.39 is 0 Å². The van der Waals surface area contributed by atoms with E-state index in [-0.39, 0.29) is 12.3 Å². The molecular weight excluding hydrogens is 260 g/mol. The van der Waals surface area contributed by atoms with Crippen LogP contribution in [0.2, 0.25) is 0 Å². The highest BCUT2D eigenvalue weighted by molar-refractivity contribution is 7.98. The zero-order chi connectivity index (χ0) is 13.9. The van der Waals surface area contributed by atoms with Crippen molar-refractivity contribution in [1.29, 1.82) is 0 Å². The Kier molecular flexibility index (Phi) is 7.89. The molecule has 0 aliphatic heterocycles. The van der Waals surface area contributed by atoms with Crippen molar-refractivity contribution < 1.29 is 9.53 Å². The lowest BCUT2D eigenvalue weighted by molar-refractivity contribution is -0.118. The van der Waals surface area contributed by atoms with E-state index in [1.54, 1.807) is 0 Å². The van der Waals surface area contributed by atoms with Gasteiger partial charge >= 0.3 is 0 Å². The van der Waals surface area contributed by atoms with Crippen LogP contribution >= 0.6 is 11.8 Å². The maximum Gasteiger partial charge on any atom is 0.220 e. The SMILES string of the molecule is CSCCCCNc1ccccc1OCCC(N)=O. The Bertz CT molecular complexity index is 385. The van der Waals surface area contributed by atoms with Crippen molar-refractivity contribution in [2.75, 3.05) is 30.5 Å². The number of ether oxygens (including phenoxy) is 1. The van der Waals surface area contributed by atoms with Gasteiger partial charge in [-0.2, -0.15) is 11.8 Å². The Morgan fingerprint density at radius 2 is 2.16 bits per heavy atom. The largest absolute Gasteiger partial charge is 0.491 e. The van der Waals surface area contributed by atoms with Gasteiger partial charge in [0.2, 0.25) is 5.91 Å². The topological polar surface area (TPSA) is 64.3 Å². The minimum absolute atomic E-state index is 0.238. The molecule has 3 N–H and O–H groups in total. The Hall–Kier alpha value is -1.36. The van der Waals surface area contributed by atoms with E-state index in [1.165, 1.54) is 12.2 Å². The van der Waals surface area contributed by atoms with Crippen molar-refractivity contribution in [3.8, 4) is 5.75 Å². The van der Waals surface area contributed by atoms with Crippen LogP contribution < -0.4 is 15.8 Å². The van der Waals surface area contributed by atoms with Crippen LogP contribution in [0.3, 0.4) is 0 Å². The Balaban J connectivity index is 2.37. The molecule has 0 saturated carbocycles. The standard InChI is InChI=1S/C14H22N2O2S/c1-19-11-5-4-9-16-12-6-2-3-7-13(12)18-10-8-14(15)17/h2-3,6-7,16H,4-5,8-11H2,1H3,(H2,15,17). The van der Waals surface area contributed by atoms with Crippen LogP contribution in [0.25, 0.3) is 0 Å². The highest BCUT2D eigenvalue weighted by atomic mass is 32.2. The van der Waals surface area contributed by atoms with Gasteiger partial charge < -0.3 is 15.8 Å². The summed E-state index contributed by atoms with van der Waals surface area (Å²) >= 11 is 1.87. The van der Waals surface area contributed by atoms with E-state index in [4.69, 9.17) is 10.5 Å². The van der Waals surface area contributed by atoms with Gasteiger partial charge in [-0.15, -0.1) is 0 Å². The summed E-state index contributed by atoms with van der Waals surface area (Å²) in [5, 5.41) is 3.36. The molecule has 106 valence electrons. The number of carbonyl (C=O) groups excluding carboxylic acids is 1. The minimum atomic E-state index is -0.345. The summed E-state index contributed by atoms with van der Waals surface area (Å²) in [6.07, 6.45) is 4.70.